The predicted octanol–water partition coefficient (Wildman–Crippen LogP) is 4.19. The first-order chi connectivity index (χ1) is 14.7. The van der Waals surface area contributed by atoms with E-state index >= 15 is 0 Å². The van der Waals surface area contributed by atoms with E-state index in [1.165, 1.54) is 42.5 Å². The molecule has 0 atom stereocenters. The molecule has 8 nitrogen and oxygen atoms in total. The van der Waals surface area contributed by atoms with Crippen LogP contribution in [0.25, 0.3) is 0 Å². The van der Waals surface area contributed by atoms with Crippen LogP contribution in [0.5, 0.6) is 0 Å². The van der Waals surface area contributed by atoms with E-state index in [4.69, 9.17) is 0 Å². The van der Waals surface area contributed by atoms with Crippen LogP contribution in [-0.4, -0.2) is 19.2 Å². The Morgan fingerprint density at radius 3 is 2.32 bits per heavy atom. The maximum atomic E-state index is 12.7. The minimum atomic E-state index is -3.80. The van der Waals surface area contributed by atoms with Gasteiger partial charge in [0, 0.05) is 17.3 Å². The number of nitro groups is 1. The van der Waals surface area contributed by atoms with Crippen molar-refractivity contribution in [1.82, 2.24) is 0 Å². The van der Waals surface area contributed by atoms with Gasteiger partial charge in [0.1, 0.15) is 0 Å². The Kier molecular flexibility index (Phi) is 6.36. The highest BCUT2D eigenvalue weighted by atomic mass is 32.2. The molecular weight excluding hydrogens is 418 g/mol. The molecule has 0 aliphatic heterocycles. The molecule has 3 aromatic rings. The molecule has 0 aromatic heterocycles. The summed E-state index contributed by atoms with van der Waals surface area (Å²) in [4.78, 5) is 22.9. The highest BCUT2D eigenvalue weighted by Gasteiger charge is 2.17. The average Bonchev–Trinajstić information content (AvgIpc) is 2.70. The number of carbonyl (C=O) groups is 1. The zero-order valence-electron chi connectivity index (χ0n) is 17.0. The number of anilines is 2. The van der Waals surface area contributed by atoms with Crippen LogP contribution in [0.4, 0.5) is 17.1 Å². The standard InChI is InChI=1S/C22H21N3O5S/c1-15-7-12-20(16(2)13-15)24-31(29,30)19-10-8-18(9-11-19)23-22(26)14-17-5-3-4-6-21(17)25(27)28/h3-13,24H,14H2,1-2H3,(H,23,26). The molecular formula is C22H21N3O5S. The number of nitro benzene ring substituents is 1. The summed E-state index contributed by atoms with van der Waals surface area (Å²) in [5.41, 5.74) is 2.88. The fourth-order valence-electron chi connectivity index (χ4n) is 3.07. The van der Waals surface area contributed by atoms with Crippen molar-refractivity contribution < 1.29 is 18.1 Å². The first-order valence-corrected chi connectivity index (χ1v) is 10.9. The largest absolute Gasteiger partial charge is 0.326 e. The summed E-state index contributed by atoms with van der Waals surface area (Å²) < 4.78 is 27.9. The fourth-order valence-corrected chi connectivity index (χ4v) is 4.20. The van der Waals surface area contributed by atoms with Gasteiger partial charge in [0.25, 0.3) is 15.7 Å². The van der Waals surface area contributed by atoms with Crippen molar-refractivity contribution in [2.75, 3.05) is 10.0 Å². The molecule has 3 rings (SSSR count). The van der Waals surface area contributed by atoms with Crippen molar-refractivity contribution in [2.24, 2.45) is 0 Å². The number of benzene rings is 3. The topological polar surface area (TPSA) is 118 Å². The second-order valence-corrected chi connectivity index (χ2v) is 8.74. The number of hydrogen-bond donors (Lipinski definition) is 2. The second-order valence-electron chi connectivity index (χ2n) is 7.06. The third kappa shape index (κ3) is 5.46. The third-order valence-corrected chi connectivity index (χ3v) is 6.00. The summed E-state index contributed by atoms with van der Waals surface area (Å²) in [6.07, 6.45) is -0.175. The molecule has 0 unspecified atom stereocenters. The number of rotatable bonds is 7. The predicted molar refractivity (Wildman–Crippen MR) is 119 cm³/mol. The molecule has 0 radical (unpaired) electrons. The molecule has 2 N–H and O–H groups in total. The molecule has 0 spiro atoms. The molecule has 0 aliphatic rings. The third-order valence-electron chi connectivity index (χ3n) is 4.61. The van der Waals surface area contributed by atoms with Gasteiger partial charge in [0.2, 0.25) is 5.91 Å². The van der Waals surface area contributed by atoms with Crippen LogP contribution >= 0.6 is 0 Å². The zero-order valence-corrected chi connectivity index (χ0v) is 17.8. The van der Waals surface area contributed by atoms with Gasteiger partial charge in [-0.15, -0.1) is 0 Å². The number of aryl methyl sites for hydroxylation is 2. The van der Waals surface area contributed by atoms with E-state index in [0.717, 1.165) is 11.1 Å². The highest BCUT2D eigenvalue weighted by Crippen LogP contribution is 2.22. The molecule has 0 fully saturated rings. The fraction of sp³-hybridized carbons (Fsp3) is 0.136. The van der Waals surface area contributed by atoms with Crippen LogP contribution in [0, 0.1) is 24.0 Å². The number of para-hydroxylation sites is 1. The zero-order chi connectivity index (χ0) is 22.6. The maximum Gasteiger partial charge on any atom is 0.273 e. The van der Waals surface area contributed by atoms with E-state index in [1.54, 1.807) is 12.1 Å². The van der Waals surface area contributed by atoms with Crippen molar-refractivity contribution in [3.05, 3.63) is 93.5 Å². The summed E-state index contributed by atoms with van der Waals surface area (Å²) in [5, 5.41) is 13.7. The second kappa shape index (κ2) is 8.97. The van der Waals surface area contributed by atoms with E-state index in [9.17, 15) is 23.3 Å². The van der Waals surface area contributed by atoms with Gasteiger partial charge < -0.3 is 5.32 Å². The van der Waals surface area contributed by atoms with E-state index in [1.807, 2.05) is 26.0 Å². The molecule has 31 heavy (non-hydrogen) atoms. The molecule has 9 heteroatoms. The summed E-state index contributed by atoms with van der Waals surface area (Å²) in [7, 11) is -3.80. The summed E-state index contributed by atoms with van der Waals surface area (Å²) in [6.45, 7) is 3.74. The van der Waals surface area contributed by atoms with Crippen molar-refractivity contribution >= 4 is 33.0 Å². The van der Waals surface area contributed by atoms with E-state index < -0.39 is 20.9 Å². The lowest BCUT2D eigenvalue weighted by Crippen LogP contribution is -2.16. The van der Waals surface area contributed by atoms with Gasteiger partial charge in [-0.2, -0.15) is 0 Å². The smallest absolute Gasteiger partial charge is 0.273 e. The first-order valence-electron chi connectivity index (χ1n) is 9.38. The number of hydrogen-bond acceptors (Lipinski definition) is 5. The average molecular weight is 439 g/mol. The Hall–Kier alpha value is -3.72. The maximum absolute atomic E-state index is 12.7. The first kappa shape index (κ1) is 22.0. The number of nitrogens with zero attached hydrogens (tertiary/aromatic N) is 1. The molecule has 1 amide bonds. The summed E-state index contributed by atoms with van der Waals surface area (Å²) in [6, 6.07) is 17.1. The lowest BCUT2D eigenvalue weighted by molar-refractivity contribution is -0.385. The van der Waals surface area contributed by atoms with E-state index in [0.29, 0.717) is 16.9 Å². The quantitative estimate of drug-likeness (QED) is 0.423. The van der Waals surface area contributed by atoms with Gasteiger partial charge in [0.05, 0.1) is 21.9 Å². The van der Waals surface area contributed by atoms with Gasteiger partial charge in [0.15, 0.2) is 0 Å². The molecule has 0 saturated heterocycles. The van der Waals surface area contributed by atoms with Gasteiger partial charge in [-0.3, -0.25) is 19.6 Å². The van der Waals surface area contributed by atoms with Crippen LogP contribution in [0.15, 0.2) is 71.6 Å². The van der Waals surface area contributed by atoms with E-state index in [-0.39, 0.29) is 17.0 Å². The van der Waals surface area contributed by atoms with Crippen LogP contribution in [0.1, 0.15) is 16.7 Å². The molecule has 0 saturated carbocycles. The number of sulfonamides is 1. The summed E-state index contributed by atoms with van der Waals surface area (Å²) in [5.74, 6) is -0.446. The Labute approximate surface area is 180 Å². The van der Waals surface area contributed by atoms with Crippen molar-refractivity contribution in [1.29, 1.82) is 0 Å². The summed E-state index contributed by atoms with van der Waals surface area (Å²) >= 11 is 0. The van der Waals surface area contributed by atoms with Gasteiger partial charge in [-0.05, 0) is 49.7 Å². The Morgan fingerprint density at radius 2 is 1.68 bits per heavy atom. The van der Waals surface area contributed by atoms with Crippen molar-refractivity contribution in [3.8, 4) is 0 Å². The minimum Gasteiger partial charge on any atom is -0.326 e. The Bertz CT molecular complexity index is 1240. The highest BCUT2D eigenvalue weighted by molar-refractivity contribution is 7.92. The SMILES string of the molecule is Cc1ccc(NS(=O)(=O)c2ccc(NC(=O)Cc3ccccc3[N+](=O)[O-])cc2)c(C)c1. The van der Waals surface area contributed by atoms with Crippen molar-refractivity contribution in [3.63, 3.8) is 0 Å². The normalized spacial score (nSPS) is 11.0. The van der Waals surface area contributed by atoms with Gasteiger partial charge in [-0.1, -0.05) is 35.9 Å². The van der Waals surface area contributed by atoms with Crippen molar-refractivity contribution in [2.45, 2.75) is 25.2 Å². The molecule has 3 aromatic carbocycles. The monoisotopic (exact) mass is 439 g/mol. The van der Waals surface area contributed by atoms with Gasteiger partial charge in [-0.25, -0.2) is 8.42 Å². The van der Waals surface area contributed by atoms with Crippen LogP contribution in [0.2, 0.25) is 0 Å². The Morgan fingerprint density at radius 1 is 1.00 bits per heavy atom. The molecule has 0 bridgehead atoms. The van der Waals surface area contributed by atoms with Gasteiger partial charge >= 0.3 is 0 Å². The minimum absolute atomic E-state index is 0.0455. The molecule has 160 valence electrons. The van der Waals surface area contributed by atoms with Crippen LogP contribution < -0.4 is 10.0 Å². The van der Waals surface area contributed by atoms with E-state index in [2.05, 4.69) is 10.0 Å². The number of amides is 1. The number of nitrogens with one attached hydrogen (secondary N) is 2. The Balaban J connectivity index is 1.70. The number of carbonyl (C=O) groups excluding carboxylic acids is 1. The molecule has 0 aliphatic carbocycles. The van der Waals surface area contributed by atoms with Crippen LogP contribution in [0.3, 0.4) is 0 Å². The van der Waals surface area contributed by atoms with Crippen LogP contribution in [-0.2, 0) is 21.2 Å². The lowest BCUT2D eigenvalue weighted by Gasteiger charge is -2.12. The molecule has 0 heterocycles. The lowest BCUT2D eigenvalue weighted by atomic mass is 10.1.